The fourth-order valence-electron chi connectivity index (χ4n) is 2.71. The van der Waals surface area contributed by atoms with E-state index in [0.29, 0.717) is 11.8 Å². The fraction of sp³-hybridized carbons (Fsp3) is 0.280. The highest BCUT2D eigenvalue weighted by molar-refractivity contribution is 6.01. The minimum atomic E-state index is -0.175. The number of amides is 2. The number of carbonyl (C=O) groups is 2. The van der Waals surface area contributed by atoms with Crippen molar-refractivity contribution in [2.24, 2.45) is 0 Å². The molecule has 156 valence electrons. The van der Waals surface area contributed by atoms with Gasteiger partial charge in [0.25, 0.3) is 0 Å². The molecule has 0 bridgehead atoms. The zero-order valence-corrected chi connectivity index (χ0v) is 18.1. The van der Waals surface area contributed by atoms with Gasteiger partial charge in [-0.25, -0.2) is 0 Å². The Morgan fingerprint density at radius 3 is 2.17 bits per heavy atom. The van der Waals surface area contributed by atoms with Crippen LogP contribution in [0.4, 0.5) is 11.4 Å². The number of hydrogen-bond donors (Lipinski definition) is 1. The maximum Gasteiger partial charge on any atom is 0.250 e. The van der Waals surface area contributed by atoms with Crippen molar-refractivity contribution in [2.45, 2.75) is 39.5 Å². The molecule has 0 aliphatic rings. The zero-order valence-electron chi connectivity index (χ0n) is 18.1. The minimum absolute atomic E-state index is 0. The van der Waals surface area contributed by atoms with E-state index in [1.165, 1.54) is 23.3 Å². The SMILES string of the molecule is C=CC(=O)N(C)c1ccccc1C(C)C.C=CC(=O)Nc1cccc(C(C)C)c1.[HH]. The van der Waals surface area contributed by atoms with Crippen LogP contribution in [0.2, 0.25) is 0 Å². The van der Waals surface area contributed by atoms with Gasteiger partial charge < -0.3 is 10.2 Å². The molecule has 0 radical (unpaired) electrons. The molecule has 2 rings (SSSR count). The molecule has 0 saturated heterocycles. The third-order valence-corrected chi connectivity index (χ3v) is 4.43. The molecular formula is C25H34N2O2. The van der Waals surface area contributed by atoms with Crippen molar-refractivity contribution in [1.29, 1.82) is 0 Å². The van der Waals surface area contributed by atoms with E-state index in [-0.39, 0.29) is 13.2 Å². The van der Waals surface area contributed by atoms with Gasteiger partial charge in [-0.1, -0.05) is 71.2 Å². The van der Waals surface area contributed by atoms with Crippen molar-refractivity contribution in [2.75, 3.05) is 17.3 Å². The fourth-order valence-corrected chi connectivity index (χ4v) is 2.71. The van der Waals surface area contributed by atoms with E-state index in [2.05, 4.69) is 46.2 Å². The lowest BCUT2D eigenvalue weighted by molar-refractivity contribution is -0.114. The number of nitrogens with one attached hydrogen (secondary N) is 1. The number of para-hydroxylation sites is 1. The molecule has 29 heavy (non-hydrogen) atoms. The molecule has 4 nitrogen and oxygen atoms in total. The first-order chi connectivity index (χ1) is 13.7. The largest absolute Gasteiger partial charge is 0.323 e. The zero-order chi connectivity index (χ0) is 22.0. The Morgan fingerprint density at radius 2 is 1.62 bits per heavy atom. The summed E-state index contributed by atoms with van der Waals surface area (Å²) in [7, 11) is 1.77. The topological polar surface area (TPSA) is 49.4 Å². The maximum absolute atomic E-state index is 11.5. The van der Waals surface area contributed by atoms with Gasteiger partial charge in [0.2, 0.25) is 11.8 Å². The van der Waals surface area contributed by atoms with Gasteiger partial charge >= 0.3 is 0 Å². The molecule has 1 N–H and O–H groups in total. The van der Waals surface area contributed by atoms with Crippen LogP contribution < -0.4 is 10.2 Å². The van der Waals surface area contributed by atoms with E-state index >= 15 is 0 Å². The van der Waals surface area contributed by atoms with Crippen molar-refractivity contribution in [3.63, 3.8) is 0 Å². The standard InChI is InChI=1S/C13H17NO.C12H15NO.H2/c1-5-13(15)14(4)12-9-7-6-8-11(12)10(2)3;1-4-12(14)13-11-7-5-6-10(8-11)9(2)3;/h5-10H,1H2,2-4H3;4-9H,1H2,2-3H3,(H,13,14);1H. The number of benzene rings is 2. The summed E-state index contributed by atoms with van der Waals surface area (Å²) in [5, 5.41) is 2.73. The molecular weight excluding hydrogens is 360 g/mol. The van der Waals surface area contributed by atoms with Gasteiger partial charge in [-0.3, -0.25) is 9.59 Å². The maximum atomic E-state index is 11.5. The van der Waals surface area contributed by atoms with Gasteiger partial charge in [0.1, 0.15) is 0 Å². The minimum Gasteiger partial charge on any atom is -0.323 e. The summed E-state index contributed by atoms with van der Waals surface area (Å²) < 4.78 is 0. The second kappa shape index (κ2) is 11.6. The summed E-state index contributed by atoms with van der Waals surface area (Å²) in [4.78, 5) is 24.2. The van der Waals surface area contributed by atoms with Gasteiger partial charge in [0, 0.05) is 19.8 Å². The Kier molecular flexibility index (Phi) is 9.60. The number of likely N-dealkylation sites (N-methyl/N-ethyl adjacent to an activating group) is 1. The highest BCUT2D eigenvalue weighted by atomic mass is 16.2. The Hall–Kier alpha value is -3.14. The quantitative estimate of drug-likeness (QED) is 0.598. The molecule has 0 unspecified atom stereocenters. The highest BCUT2D eigenvalue weighted by Gasteiger charge is 2.12. The average molecular weight is 395 g/mol. The van der Waals surface area contributed by atoms with E-state index in [1.807, 2.05) is 48.5 Å². The molecule has 0 fully saturated rings. The molecule has 0 heterocycles. The predicted molar refractivity (Wildman–Crippen MR) is 126 cm³/mol. The Balaban J connectivity index is 0.000000544. The lowest BCUT2D eigenvalue weighted by Crippen LogP contribution is -2.25. The first kappa shape index (κ1) is 23.9. The lowest BCUT2D eigenvalue weighted by atomic mass is 10.0. The van der Waals surface area contributed by atoms with Crippen LogP contribution in [0.25, 0.3) is 0 Å². The van der Waals surface area contributed by atoms with E-state index in [1.54, 1.807) is 11.9 Å². The van der Waals surface area contributed by atoms with Crippen molar-refractivity contribution in [3.8, 4) is 0 Å². The van der Waals surface area contributed by atoms with Gasteiger partial charge in [0.15, 0.2) is 0 Å². The highest BCUT2D eigenvalue weighted by Crippen LogP contribution is 2.26. The molecule has 2 amide bonds. The number of hydrogen-bond acceptors (Lipinski definition) is 2. The molecule has 0 aliphatic carbocycles. The van der Waals surface area contributed by atoms with E-state index in [9.17, 15) is 9.59 Å². The number of rotatable bonds is 6. The predicted octanol–water partition coefficient (Wildman–Crippen LogP) is 6.14. The normalized spacial score (nSPS) is 10.0. The smallest absolute Gasteiger partial charge is 0.250 e. The van der Waals surface area contributed by atoms with Crippen LogP contribution in [0.3, 0.4) is 0 Å². The van der Waals surface area contributed by atoms with Crippen LogP contribution >= 0.6 is 0 Å². The molecule has 0 atom stereocenters. The van der Waals surface area contributed by atoms with Crippen LogP contribution in [0, 0.1) is 0 Å². The van der Waals surface area contributed by atoms with E-state index < -0.39 is 0 Å². The summed E-state index contributed by atoms with van der Waals surface area (Å²) >= 11 is 0. The lowest BCUT2D eigenvalue weighted by Gasteiger charge is -2.20. The third-order valence-electron chi connectivity index (χ3n) is 4.43. The summed E-state index contributed by atoms with van der Waals surface area (Å²) in [5.41, 5.74) is 4.17. The van der Waals surface area contributed by atoms with E-state index in [0.717, 1.165) is 11.4 Å². The van der Waals surface area contributed by atoms with Crippen molar-refractivity contribution in [1.82, 2.24) is 0 Å². The molecule has 2 aromatic rings. The Labute approximate surface area is 176 Å². The summed E-state index contributed by atoms with van der Waals surface area (Å²) in [6, 6.07) is 15.8. The van der Waals surface area contributed by atoms with Crippen molar-refractivity contribution >= 4 is 23.2 Å². The van der Waals surface area contributed by atoms with Gasteiger partial charge in [-0.15, -0.1) is 0 Å². The third kappa shape index (κ3) is 7.41. The molecule has 0 saturated carbocycles. The number of carbonyl (C=O) groups excluding carboxylic acids is 2. The first-order valence-electron chi connectivity index (χ1n) is 9.73. The second-order valence-electron chi connectivity index (χ2n) is 7.29. The molecule has 2 aromatic carbocycles. The van der Waals surface area contributed by atoms with Crippen molar-refractivity contribution < 1.29 is 11.0 Å². The Morgan fingerprint density at radius 1 is 0.966 bits per heavy atom. The summed E-state index contributed by atoms with van der Waals surface area (Å²) in [5.74, 6) is 0.617. The monoisotopic (exact) mass is 394 g/mol. The number of nitrogens with zero attached hydrogens (tertiary/aromatic N) is 1. The van der Waals surface area contributed by atoms with Crippen LogP contribution in [0.1, 0.15) is 52.1 Å². The van der Waals surface area contributed by atoms with Gasteiger partial charge in [0.05, 0.1) is 0 Å². The van der Waals surface area contributed by atoms with Crippen molar-refractivity contribution in [3.05, 3.63) is 85.0 Å². The van der Waals surface area contributed by atoms with Crippen LogP contribution in [-0.4, -0.2) is 18.9 Å². The second-order valence-corrected chi connectivity index (χ2v) is 7.29. The first-order valence-corrected chi connectivity index (χ1v) is 9.73. The Bertz CT molecular complexity index is 860. The summed E-state index contributed by atoms with van der Waals surface area (Å²) in [6.07, 6.45) is 2.60. The van der Waals surface area contributed by atoms with Crippen LogP contribution in [-0.2, 0) is 9.59 Å². The van der Waals surface area contributed by atoms with Gasteiger partial charge in [-0.05, 0) is 53.3 Å². The van der Waals surface area contributed by atoms with E-state index in [4.69, 9.17) is 0 Å². The van der Waals surface area contributed by atoms with Gasteiger partial charge in [-0.2, -0.15) is 0 Å². The molecule has 4 heteroatoms. The average Bonchev–Trinajstić information content (AvgIpc) is 2.73. The summed E-state index contributed by atoms with van der Waals surface area (Å²) in [6.45, 7) is 15.4. The molecule has 0 spiro atoms. The van der Waals surface area contributed by atoms with Crippen LogP contribution in [0.5, 0.6) is 0 Å². The molecule has 0 aromatic heterocycles. The van der Waals surface area contributed by atoms with Crippen LogP contribution in [0.15, 0.2) is 73.8 Å². The molecule has 0 aliphatic heterocycles. The number of anilines is 2.